The maximum atomic E-state index is 13.5. The third-order valence-corrected chi connectivity index (χ3v) is 3.04. The number of hydrogen-bond acceptors (Lipinski definition) is 4. The Bertz CT molecular complexity index is 686. The minimum atomic E-state index is -1.58. The second-order valence-electron chi connectivity index (χ2n) is 4.69. The molecule has 0 bridgehead atoms. The highest BCUT2D eigenvalue weighted by atomic mass is 19.1. The van der Waals surface area contributed by atoms with Gasteiger partial charge in [0.25, 0.3) is 0 Å². The van der Waals surface area contributed by atoms with Crippen molar-refractivity contribution >= 4 is 5.69 Å². The summed E-state index contributed by atoms with van der Waals surface area (Å²) in [6, 6.07) is 7.47. The minimum absolute atomic E-state index is 0.0774. The van der Waals surface area contributed by atoms with Gasteiger partial charge in [0.1, 0.15) is 24.3 Å². The van der Waals surface area contributed by atoms with E-state index >= 15 is 0 Å². The maximum Gasteiger partial charge on any atom is 0.311 e. The summed E-state index contributed by atoms with van der Waals surface area (Å²) in [4.78, 5) is 10.3. The molecule has 0 radical (unpaired) electrons. The first kappa shape index (κ1) is 15.8. The minimum Gasteiger partial charge on any atom is -0.484 e. The zero-order valence-electron chi connectivity index (χ0n) is 11.6. The number of rotatable bonds is 5. The number of aliphatic hydroxyl groups excluding tert-OH is 1. The van der Waals surface area contributed by atoms with Gasteiger partial charge in [-0.05, 0) is 30.7 Å². The zero-order chi connectivity index (χ0) is 16.3. The molecule has 2 aromatic rings. The van der Waals surface area contributed by atoms with E-state index in [2.05, 4.69) is 0 Å². The summed E-state index contributed by atoms with van der Waals surface area (Å²) < 4.78 is 32.2. The molecular weight excluding hydrogens is 296 g/mol. The van der Waals surface area contributed by atoms with Gasteiger partial charge >= 0.3 is 5.69 Å². The predicted molar refractivity (Wildman–Crippen MR) is 74.6 cm³/mol. The van der Waals surface area contributed by atoms with Crippen LogP contribution in [-0.4, -0.2) is 16.6 Å². The van der Waals surface area contributed by atoms with E-state index in [0.29, 0.717) is 5.56 Å². The monoisotopic (exact) mass is 309 g/mol. The second-order valence-corrected chi connectivity index (χ2v) is 4.69. The lowest BCUT2D eigenvalue weighted by Gasteiger charge is -2.14. The van der Waals surface area contributed by atoms with E-state index < -0.39 is 34.8 Å². The van der Waals surface area contributed by atoms with Crippen molar-refractivity contribution in [3.8, 4) is 5.75 Å². The predicted octanol–water partition coefficient (Wildman–Crippen LogP) is 3.29. The number of benzene rings is 2. The lowest BCUT2D eigenvalue weighted by atomic mass is 10.1. The first-order chi connectivity index (χ1) is 10.4. The molecule has 0 spiro atoms. The van der Waals surface area contributed by atoms with E-state index in [4.69, 9.17) is 4.74 Å². The van der Waals surface area contributed by atoms with Gasteiger partial charge in [0.15, 0.2) is 5.75 Å². The van der Waals surface area contributed by atoms with Crippen LogP contribution in [0.15, 0.2) is 36.4 Å². The number of nitro groups is 1. The Hall–Kier alpha value is -2.54. The molecule has 5 nitrogen and oxygen atoms in total. The van der Waals surface area contributed by atoms with Crippen LogP contribution in [0.1, 0.15) is 17.2 Å². The Kier molecular flexibility index (Phi) is 4.67. The number of nitrogens with zero attached hydrogens (tertiary/aromatic N) is 1. The van der Waals surface area contributed by atoms with Crippen LogP contribution in [0.4, 0.5) is 14.5 Å². The SMILES string of the molecule is Cc1ccc(OCC(O)c2c(F)cccc2F)c([N+](=O)[O-])c1. The molecule has 0 aliphatic rings. The van der Waals surface area contributed by atoms with Crippen LogP contribution in [0.3, 0.4) is 0 Å². The summed E-state index contributed by atoms with van der Waals surface area (Å²) >= 11 is 0. The summed E-state index contributed by atoms with van der Waals surface area (Å²) in [7, 11) is 0. The number of aliphatic hydroxyl groups is 1. The van der Waals surface area contributed by atoms with Crippen molar-refractivity contribution in [1.82, 2.24) is 0 Å². The highest BCUT2D eigenvalue weighted by molar-refractivity contribution is 5.48. The van der Waals surface area contributed by atoms with Gasteiger partial charge in [-0.2, -0.15) is 0 Å². The van der Waals surface area contributed by atoms with Crippen molar-refractivity contribution in [3.63, 3.8) is 0 Å². The van der Waals surface area contributed by atoms with Crippen molar-refractivity contribution < 1.29 is 23.5 Å². The van der Waals surface area contributed by atoms with Crippen LogP contribution in [-0.2, 0) is 0 Å². The smallest absolute Gasteiger partial charge is 0.311 e. The van der Waals surface area contributed by atoms with Crippen LogP contribution in [0.2, 0.25) is 0 Å². The molecule has 1 atom stereocenters. The summed E-state index contributed by atoms with van der Waals surface area (Å²) in [6.45, 7) is 1.17. The Balaban J connectivity index is 2.18. The van der Waals surface area contributed by atoms with Crippen molar-refractivity contribution in [2.45, 2.75) is 13.0 Å². The molecule has 116 valence electrons. The molecule has 0 amide bonds. The lowest BCUT2D eigenvalue weighted by molar-refractivity contribution is -0.386. The highest BCUT2D eigenvalue weighted by Gasteiger charge is 2.21. The number of halogens is 2. The largest absolute Gasteiger partial charge is 0.484 e. The number of aryl methyl sites for hydroxylation is 1. The standard InChI is InChI=1S/C15H13F2NO4/c1-9-5-6-14(12(7-9)18(20)21)22-8-13(19)15-10(16)3-2-4-11(15)17/h2-7,13,19H,8H2,1H3. The second kappa shape index (κ2) is 6.48. The van der Waals surface area contributed by atoms with E-state index in [1.807, 2.05) is 0 Å². The van der Waals surface area contributed by atoms with Crippen molar-refractivity contribution in [2.75, 3.05) is 6.61 Å². The van der Waals surface area contributed by atoms with Crippen molar-refractivity contribution in [3.05, 3.63) is 69.3 Å². The molecule has 0 aliphatic heterocycles. The molecule has 22 heavy (non-hydrogen) atoms. The van der Waals surface area contributed by atoms with E-state index in [0.717, 1.165) is 12.1 Å². The average Bonchev–Trinajstić information content (AvgIpc) is 2.45. The fourth-order valence-corrected chi connectivity index (χ4v) is 1.97. The summed E-state index contributed by atoms with van der Waals surface area (Å²) in [5, 5.41) is 20.8. The van der Waals surface area contributed by atoms with Crippen LogP contribution >= 0.6 is 0 Å². The third kappa shape index (κ3) is 3.37. The summed E-state index contributed by atoms with van der Waals surface area (Å²) in [6.07, 6.45) is -1.58. The molecule has 0 saturated carbocycles. The van der Waals surface area contributed by atoms with Gasteiger partial charge < -0.3 is 9.84 Å². The van der Waals surface area contributed by atoms with Crippen molar-refractivity contribution in [1.29, 1.82) is 0 Å². The molecule has 7 heteroatoms. The van der Waals surface area contributed by atoms with E-state index in [1.54, 1.807) is 13.0 Å². The Labute approximate surface area is 124 Å². The Morgan fingerprint density at radius 1 is 1.27 bits per heavy atom. The molecule has 1 unspecified atom stereocenters. The van der Waals surface area contributed by atoms with E-state index in [1.165, 1.54) is 18.2 Å². The van der Waals surface area contributed by atoms with Gasteiger partial charge in [0.2, 0.25) is 0 Å². The summed E-state index contributed by atoms with van der Waals surface area (Å²) in [5.41, 5.74) is -0.141. The molecule has 0 fully saturated rings. The number of hydrogen-bond donors (Lipinski definition) is 1. The highest BCUT2D eigenvalue weighted by Crippen LogP contribution is 2.29. The molecule has 2 aromatic carbocycles. The van der Waals surface area contributed by atoms with Gasteiger partial charge in [-0.15, -0.1) is 0 Å². The molecular formula is C15H13F2NO4. The molecule has 2 rings (SSSR count). The van der Waals surface area contributed by atoms with Gasteiger partial charge in [0.05, 0.1) is 10.5 Å². The zero-order valence-corrected chi connectivity index (χ0v) is 11.6. The summed E-state index contributed by atoms with van der Waals surface area (Å²) in [5.74, 6) is -1.89. The maximum absolute atomic E-state index is 13.5. The van der Waals surface area contributed by atoms with E-state index in [9.17, 15) is 24.0 Å². The average molecular weight is 309 g/mol. The van der Waals surface area contributed by atoms with Crippen LogP contribution in [0.5, 0.6) is 5.75 Å². The normalized spacial score (nSPS) is 12.0. The number of nitro benzene ring substituents is 1. The van der Waals surface area contributed by atoms with Crippen molar-refractivity contribution in [2.24, 2.45) is 0 Å². The molecule has 1 N–H and O–H groups in total. The van der Waals surface area contributed by atoms with Gasteiger partial charge in [-0.25, -0.2) is 8.78 Å². The topological polar surface area (TPSA) is 72.6 Å². The molecule has 0 aromatic heterocycles. The molecule has 0 heterocycles. The van der Waals surface area contributed by atoms with Crippen LogP contribution in [0, 0.1) is 28.7 Å². The van der Waals surface area contributed by atoms with Gasteiger partial charge in [-0.1, -0.05) is 12.1 Å². The van der Waals surface area contributed by atoms with E-state index in [-0.39, 0.29) is 11.4 Å². The number of ether oxygens (including phenoxy) is 1. The van der Waals surface area contributed by atoms with Crippen LogP contribution in [0.25, 0.3) is 0 Å². The first-order valence-electron chi connectivity index (χ1n) is 6.40. The Morgan fingerprint density at radius 3 is 2.50 bits per heavy atom. The Morgan fingerprint density at radius 2 is 1.91 bits per heavy atom. The third-order valence-electron chi connectivity index (χ3n) is 3.04. The first-order valence-corrected chi connectivity index (χ1v) is 6.40. The quantitative estimate of drug-likeness (QED) is 0.679. The fourth-order valence-electron chi connectivity index (χ4n) is 1.97. The van der Waals surface area contributed by atoms with Gasteiger partial charge in [0, 0.05) is 6.07 Å². The van der Waals surface area contributed by atoms with Gasteiger partial charge in [-0.3, -0.25) is 10.1 Å². The molecule has 0 aliphatic carbocycles. The van der Waals surface area contributed by atoms with Crippen LogP contribution < -0.4 is 4.74 Å². The lowest BCUT2D eigenvalue weighted by Crippen LogP contribution is -2.13. The fraction of sp³-hybridized carbons (Fsp3) is 0.200. The molecule has 0 saturated heterocycles.